The van der Waals surface area contributed by atoms with Gasteiger partial charge < -0.3 is 10.5 Å². The molecule has 0 bridgehead atoms. The number of carbonyl (C=O) groups excluding carboxylic acids is 1. The van der Waals surface area contributed by atoms with Crippen LogP contribution in [0, 0.1) is 5.92 Å². The zero-order chi connectivity index (χ0) is 12.1. The molecule has 0 aromatic rings. The van der Waals surface area contributed by atoms with E-state index in [-0.39, 0.29) is 5.75 Å². The van der Waals surface area contributed by atoms with E-state index >= 15 is 0 Å². The fourth-order valence-electron chi connectivity index (χ4n) is 0.987. The summed E-state index contributed by atoms with van der Waals surface area (Å²) in [7, 11) is -2.39. The number of hydrogen-bond donors (Lipinski definition) is 2. The minimum absolute atomic E-state index is 0.367. The minimum atomic E-state index is -3.76. The van der Waals surface area contributed by atoms with Gasteiger partial charge in [-0.3, -0.25) is 4.79 Å². The van der Waals surface area contributed by atoms with E-state index in [9.17, 15) is 13.2 Å². The van der Waals surface area contributed by atoms with Crippen molar-refractivity contribution in [3.63, 3.8) is 0 Å². The van der Waals surface area contributed by atoms with Crippen molar-refractivity contribution < 1.29 is 18.4 Å². The van der Waals surface area contributed by atoms with Crippen LogP contribution in [0.2, 0.25) is 0 Å². The van der Waals surface area contributed by atoms with Crippen molar-refractivity contribution in [2.24, 2.45) is 11.1 Å². The van der Waals surface area contributed by atoms with Crippen LogP contribution in [0.4, 0.5) is 0 Å². The van der Waals surface area contributed by atoms with Gasteiger partial charge in [-0.15, -0.1) is 6.58 Å². The summed E-state index contributed by atoms with van der Waals surface area (Å²) in [6, 6.07) is 0. The number of nitrogens with zero attached hydrogens (tertiary/aromatic N) is 1. The molecule has 2 N–H and O–H groups in total. The highest BCUT2D eigenvalue weighted by Gasteiger charge is 2.29. The average molecular weight is 234 g/mol. The molecule has 0 aromatic heterocycles. The first-order valence-corrected chi connectivity index (χ1v) is 5.83. The van der Waals surface area contributed by atoms with Gasteiger partial charge in [-0.05, 0) is 6.92 Å². The van der Waals surface area contributed by atoms with Gasteiger partial charge in [0.1, 0.15) is 0 Å². The number of sulfone groups is 1. The molecule has 86 valence electrons. The third-order valence-corrected chi connectivity index (χ3v) is 3.51. The molecule has 0 aliphatic heterocycles. The topological polar surface area (TPSA) is 95.8 Å². The maximum Gasteiger partial charge on any atom is 0.229 e. The molecule has 0 aliphatic carbocycles. The Balaban J connectivity index is 5.11. The van der Waals surface area contributed by atoms with Gasteiger partial charge in [-0.1, -0.05) is 11.2 Å². The van der Waals surface area contributed by atoms with E-state index in [2.05, 4.69) is 17.1 Å². The maximum atomic E-state index is 11.5. The Morgan fingerprint density at radius 1 is 1.67 bits per heavy atom. The summed E-state index contributed by atoms with van der Waals surface area (Å²) in [6.45, 7) is 4.61. The van der Waals surface area contributed by atoms with Crippen LogP contribution in [0.15, 0.2) is 17.8 Å². The summed E-state index contributed by atoms with van der Waals surface area (Å²) in [4.78, 5) is 11.2. The van der Waals surface area contributed by atoms with Crippen molar-refractivity contribution >= 4 is 20.8 Å². The largest absolute Gasteiger partial charge is 0.410 e. The van der Waals surface area contributed by atoms with E-state index in [0.717, 1.165) is 6.08 Å². The van der Waals surface area contributed by atoms with E-state index in [1.54, 1.807) is 0 Å². The third-order valence-electron chi connectivity index (χ3n) is 1.76. The molecule has 1 atom stereocenters. The first-order chi connectivity index (χ1) is 6.90. The van der Waals surface area contributed by atoms with Crippen molar-refractivity contribution in [1.29, 1.82) is 0 Å². The Bertz CT molecular complexity index is 372. The van der Waals surface area contributed by atoms with Crippen molar-refractivity contribution in [3.8, 4) is 0 Å². The van der Waals surface area contributed by atoms with E-state index in [4.69, 9.17) is 5.21 Å². The predicted octanol–water partition coefficient (Wildman–Crippen LogP) is -0.243. The van der Waals surface area contributed by atoms with Gasteiger partial charge in [-0.25, -0.2) is 8.42 Å². The van der Waals surface area contributed by atoms with E-state index in [1.165, 1.54) is 14.0 Å². The Morgan fingerprint density at radius 3 is 2.53 bits per heavy atom. The Hall–Kier alpha value is -1.37. The van der Waals surface area contributed by atoms with Gasteiger partial charge in [0.2, 0.25) is 5.91 Å². The molecule has 0 saturated carbocycles. The van der Waals surface area contributed by atoms with Crippen molar-refractivity contribution in [3.05, 3.63) is 12.7 Å². The first kappa shape index (κ1) is 13.6. The molecule has 6 nitrogen and oxygen atoms in total. The van der Waals surface area contributed by atoms with Gasteiger partial charge in [0, 0.05) is 7.05 Å². The first-order valence-electron chi connectivity index (χ1n) is 4.18. The molecule has 1 unspecified atom stereocenters. The third kappa shape index (κ3) is 3.35. The Labute approximate surface area is 88.6 Å². The molecule has 15 heavy (non-hydrogen) atoms. The van der Waals surface area contributed by atoms with Crippen LogP contribution in [-0.4, -0.2) is 37.4 Å². The second-order valence-corrected chi connectivity index (χ2v) is 4.83. The van der Waals surface area contributed by atoms with Crippen LogP contribution in [0.25, 0.3) is 0 Å². The summed E-state index contributed by atoms with van der Waals surface area (Å²) >= 11 is 0. The number of amides is 1. The molecular formula is C8H14N2O4S. The second-order valence-electron chi connectivity index (χ2n) is 2.84. The van der Waals surface area contributed by atoms with Gasteiger partial charge in [0.25, 0.3) is 0 Å². The number of nitrogens with one attached hydrogen (secondary N) is 1. The summed E-state index contributed by atoms with van der Waals surface area (Å²) in [6.07, 6.45) is 1.16. The van der Waals surface area contributed by atoms with Crippen LogP contribution in [-0.2, 0) is 14.6 Å². The second kappa shape index (κ2) is 5.50. The lowest BCUT2D eigenvalue weighted by molar-refractivity contribution is -0.122. The number of oxime groups is 1. The molecule has 0 spiro atoms. The molecule has 7 heteroatoms. The molecule has 0 saturated heterocycles. The van der Waals surface area contributed by atoms with Crippen LogP contribution < -0.4 is 5.32 Å². The van der Waals surface area contributed by atoms with Crippen LogP contribution >= 0.6 is 0 Å². The normalized spacial score (nSPS) is 14.4. The van der Waals surface area contributed by atoms with E-state index in [1.807, 2.05) is 0 Å². The molecule has 1 amide bonds. The van der Waals surface area contributed by atoms with Crippen molar-refractivity contribution in [1.82, 2.24) is 5.32 Å². The molecule has 0 fully saturated rings. The smallest absolute Gasteiger partial charge is 0.229 e. The number of hydrogen-bond acceptors (Lipinski definition) is 5. The highest BCUT2D eigenvalue weighted by atomic mass is 32.2. The fourth-order valence-corrected chi connectivity index (χ4v) is 2.24. The van der Waals surface area contributed by atoms with Crippen molar-refractivity contribution in [2.45, 2.75) is 6.92 Å². The highest BCUT2D eigenvalue weighted by molar-refractivity contribution is 8.06. The van der Waals surface area contributed by atoms with Crippen molar-refractivity contribution in [2.75, 3.05) is 12.8 Å². The SMILES string of the molecule is C=CCS(=O)(=O)C(=NO)C(C)C(=O)NC. The number of carbonyl (C=O) groups is 1. The minimum Gasteiger partial charge on any atom is -0.410 e. The van der Waals surface area contributed by atoms with Gasteiger partial charge in [0.05, 0.1) is 11.7 Å². The van der Waals surface area contributed by atoms with Gasteiger partial charge >= 0.3 is 0 Å². The van der Waals surface area contributed by atoms with Crippen LogP contribution in [0.1, 0.15) is 6.92 Å². The lowest BCUT2D eigenvalue weighted by Gasteiger charge is -2.10. The summed E-state index contributed by atoms with van der Waals surface area (Å²) in [5.74, 6) is -1.92. The Kier molecular flexibility index (Phi) is 4.99. The number of rotatable bonds is 4. The monoisotopic (exact) mass is 234 g/mol. The lowest BCUT2D eigenvalue weighted by atomic mass is 10.2. The quantitative estimate of drug-likeness (QED) is 0.231. The molecule has 0 aliphatic rings. The average Bonchev–Trinajstić information content (AvgIpc) is 2.16. The zero-order valence-electron chi connectivity index (χ0n) is 8.60. The summed E-state index contributed by atoms with van der Waals surface area (Å²) < 4.78 is 23.0. The fraction of sp³-hybridized carbons (Fsp3) is 0.500. The standard InChI is InChI=1S/C8H14N2O4S/c1-4-5-15(13,14)8(10-12)6(2)7(11)9-3/h4,6,12H,1,5H2,2-3H3,(H,9,11). The van der Waals surface area contributed by atoms with Gasteiger partial charge in [-0.2, -0.15) is 0 Å². The molecule has 0 radical (unpaired) electrons. The molecule has 0 aromatic carbocycles. The Morgan fingerprint density at radius 2 is 2.20 bits per heavy atom. The van der Waals surface area contributed by atoms with E-state index in [0.29, 0.717) is 0 Å². The molecule has 0 rings (SSSR count). The molecular weight excluding hydrogens is 220 g/mol. The lowest BCUT2D eigenvalue weighted by Crippen LogP contribution is -2.35. The predicted molar refractivity (Wildman–Crippen MR) is 56.4 cm³/mol. The zero-order valence-corrected chi connectivity index (χ0v) is 9.41. The summed E-state index contributed by atoms with van der Waals surface area (Å²) in [5, 5.41) is 13.0. The molecule has 0 heterocycles. The maximum absolute atomic E-state index is 11.5. The van der Waals surface area contributed by atoms with Crippen LogP contribution in [0.3, 0.4) is 0 Å². The van der Waals surface area contributed by atoms with E-state index < -0.39 is 26.7 Å². The van der Waals surface area contributed by atoms with Crippen LogP contribution in [0.5, 0.6) is 0 Å². The summed E-state index contributed by atoms with van der Waals surface area (Å²) in [5.41, 5.74) is 0. The van der Waals surface area contributed by atoms with Gasteiger partial charge in [0.15, 0.2) is 14.9 Å². The highest BCUT2D eigenvalue weighted by Crippen LogP contribution is 2.07.